The molecule has 10 nitrogen and oxygen atoms in total. The Kier molecular flexibility index (Phi) is 6.55. The molecule has 0 amide bonds. The van der Waals surface area contributed by atoms with Crippen LogP contribution in [0, 0.1) is 0 Å². The molecule has 0 spiro atoms. The van der Waals surface area contributed by atoms with E-state index in [9.17, 15) is 13.2 Å². The van der Waals surface area contributed by atoms with Crippen molar-refractivity contribution in [2.24, 2.45) is 5.73 Å². The lowest BCUT2D eigenvalue weighted by Crippen LogP contribution is -2.43. The minimum Gasteiger partial charge on any atom is -0.474 e. The van der Waals surface area contributed by atoms with E-state index in [1.165, 1.54) is 0 Å². The minimum atomic E-state index is -3.08. The van der Waals surface area contributed by atoms with Gasteiger partial charge in [0.1, 0.15) is 23.8 Å². The highest BCUT2D eigenvalue weighted by Gasteiger charge is 2.39. The zero-order valence-electron chi connectivity index (χ0n) is 22.2. The maximum absolute atomic E-state index is 12.3. The standard InChI is InChI=1S/C27H33N5O5S/c1-6-38(34,35)17-9-16(10-17)37-25-20-12-29-23(11-19(20)21(13-30-25)27(4,5)28)31-22-8-7-18-24(32-22)14(2)15(3)36-26(18)33/h7-8,11-17H,6,9-10,28H2,1-5H3,(H,29,31,32)/t14-,15-,16-,17+/m0/s1. The molecule has 3 aromatic heterocycles. The number of pyridine rings is 3. The quantitative estimate of drug-likeness (QED) is 0.423. The number of carbonyl (C=O) groups excluding carboxylic acids is 1. The minimum absolute atomic E-state index is 0.0390. The van der Waals surface area contributed by atoms with Crippen LogP contribution in [0.25, 0.3) is 10.8 Å². The van der Waals surface area contributed by atoms with Gasteiger partial charge >= 0.3 is 5.97 Å². The summed E-state index contributed by atoms with van der Waals surface area (Å²) in [7, 11) is -3.08. The maximum Gasteiger partial charge on any atom is 0.340 e. The van der Waals surface area contributed by atoms with E-state index in [0.717, 1.165) is 10.9 Å². The summed E-state index contributed by atoms with van der Waals surface area (Å²) in [5.41, 5.74) is 7.75. The summed E-state index contributed by atoms with van der Waals surface area (Å²) in [6.07, 6.45) is 3.80. The summed E-state index contributed by atoms with van der Waals surface area (Å²) in [6, 6.07) is 5.31. The number of hydrogen-bond donors (Lipinski definition) is 2. The van der Waals surface area contributed by atoms with Gasteiger partial charge in [-0.2, -0.15) is 0 Å². The number of ether oxygens (including phenoxy) is 2. The lowest BCUT2D eigenvalue weighted by atomic mass is 9.92. The Balaban J connectivity index is 1.45. The van der Waals surface area contributed by atoms with Gasteiger partial charge in [0, 0.05) is 42.4 Å². The van der Waals surface area contributed by atoms with Gasteiger partial charge in [-0.05, 0) is 49.9 Å². The van der Waals surface area contributed by atoms with E-state index in [4.69, 9.17) is 15.2 Å². The largest absolute Gasteiger partial charge is 0.474 e. The van der Waals surface area contributed by atoms with Gasteiger partial charge < -0.3 is 20.5 Å². The Morgan fingerprint density at radius 2 is 1.87 bits per heavy atom. The van der Waals surface area contributed by atoms with Crippen molar-refractivity contribution >= 4 is 38.2 Å². The van der Waals surface area contributed by atoms with E-state index in [1.807, 2.05) is 33.8 Å². The van der Waals surface area contributed by atoms with E-state index in [-0.39, 0.29) is 35.1 Å². The monoisotopic (exact) mass is 539 g/mol. The van der Waals surface area contributed by atoms with Gasteiger partial charge in [0.2, 0.25) is 5.88 Å². The summed E-state index contributed by atoms with van der Waals surface area (Å²) >= 11 is 0. The van der Waals surface area contributed by atoms with Crippen LogP contribution in [0.15, 0.2) is 30.6 Å². The summed E-state index contributed by atoms with van der Waals surface area (Å²) in [5.74, 6) is 1.23. The molecule has 1 aliphatic heterocycles. The first kappa shape index (κ1) is 26.3. The van der Waals surface area contributed by atoms with Gasteiger partial charge in [0.25, 0.3) is 0 Å². The Morgan fingerprint density at radius 1 is 1.13 bits per heavy atom. The van der Waals surface area contributed by atoms with Crippen LogP contribution < -0.4 is 15.8 Å². The second kappa shape index (κ2) is 9.46. The van der Waals surface area contributed by atoms with Crippen LogP contribution in [-0.2, 0) is 20.1 Å². The van der Waals surface area contributed by atoms with E-state index >= 15 is 0 Å². The molecule has 0 saturated heterocycles. The molecule has 1 saturated carbocycles. The Morgan fingerprint density at radius 3 is 2.55 bits per heavy atom. The maximum atomic E-state index is 12.3. The highest BCUT2D eigenvalue weighted by molar-refractivity contribution is 7.92. The van der Waals surface area contributed by atoms with Gasteiger partial charge in [0.15, 0.2) is 9.84 Å². The van der Waals surface area contributed by atoms with Crippen molar-refractivity contribution < 1.29 is 22.7 Å². The molecule has 0 radical (unpaired) electrons. The van der Waals surface area contributed by atoms with Crippen molar-refractivity contribution in [1.82, 2.24) is 15.0 Å². The zero-order valence-corrected chi connectivity index (χ0v) is 23.0. The first-order valence-corrected chi connectivity index (χ1v) is 14.5. The number of carbonyl (C=O) groups is 1. The van der Waals surface area contributed by atoms with Gasteiger partial charge in [-0.1, -0.05) is 13.8 Å². The number of rotatable bonds is 7. The molecule has 2 atom stereocenters. The predicted molar refractivity (Wildman–Crippen MR) is 144 cm³/mol. The fourth-order valence-electron chi connectivity index (χ4n) is 4.84. The fraction of sp³-hybridized carbons (Fsp3) is 0.481. The van der Waals surface area contributed by atoms with E-state index in [2.05, 4.69) is 20.3 Å². The third-order valence-corrected chi connectivity index (χ3v) is 9.70. The number of nitrogens with zero attached hydrogens (tertiary/aromatic N) is 3. The molecule has 2 aliphatic rings. The molecule has 5 rings (SSSR count). The van der Waals surface area contributed by atoms with Gasteiger partial charge in [-0.25, -0.2) is 28.2 Å². The third-order valence-electron chi connectivity index (χ3n) is 7.50. The molecule has 38 heavy (non-hydrogen) atoms. The van der Waals surface area contributed by atoms with Crippen LogP contribution in [0.3, 0.4) is 0 Å². The number of hydrogen-bond acceptors (Lipinski definition) is 10. The average Bonchev–Trinajstić information content (AvgIpc) is 2.83. The molecule has 11 heteroatoms. The van der Waals surface area contributed by atoms with E-state index < -0.39 is 15.4 Å². The zero-order chi connectivity index (χ0) is 27.4. The van der Waals surface area contributed by atoms with Crippen LogP contribution in [0.5, 0.6) is 5.88 Å². The molecular weight excluding hydrogens is 506 g/mol. The summed E-state index contributed by atoms with van der Waals surface area (Å²) < 4.78 is 35.8. The smallest absolute Gasteiger partial charge is 0.340 e. The number of esters is 1. The number of sulfone groups is 1. The van der Waals surface area contributed by atoms with Crippen LogP contribution in [0.2, 0.25) is 0 Å². The normalized spacial score (nSPS) is 23.4. The molecule has 4 heterocycles. The van der Waals surface area contributed by atoms with E-state index in [1.54, 1.807) is 31.5 Å². The molecule has 1 fully saturated rings. The van der Waals surface area contributed by atoms with Crippen LogP contribution >= 0.6 is 0 Å². The molecular formula is C27H33N5O5S. The summed E-state index contributed by atoms with van der Waals surface area (Å²) in [4.78, 5) is 26.0. The number of nitrogens with one attached hydrogen (secondary N) is 1. The number of nitrogens with two attached hydrogens (primary N) is 1. The predicted octanol–water partition coefficient (Wildman–Crippen LogP) is 3.97. The Labute approximate surface area is 222 Å². The lowest BCUT2D eigenvalue weighted by Gasteiger charge is -2.34. The number of cyclic esters (lactones) is 1. The lowest BCUT2D eigenvalue weighted by molar-refractivity contribution is 0.0235. The second-order valence-electron chi connectivity index (χ2n) is 10.8. The number of aromatic nitrogens is 3. The second-order valence-corrected chi connectivity index (χ2v) is 13.3. The van der Waals surface area contributed by atoms with E-state index in [0.29, 0.717) is 47.0 Å². The van der Waals surface area contributed by atoms with Crippen LogP contribution in [0.1, 0.15) is 75.0 Å². The summed E-state index contributed by atoms with van der Waals surface area (Å²) in [5, 5.41) is 4.39. The van der Waals surface area contributed by atoms with Crippen LogP contribution in [0.4, 0.5) is 11.6 Å². The molecule has 3 N–H and O–H groups in total. The van der Waals surface area contributed by atoms with Crippen molar-refractivity contribution in [3.05, 3.63) is 47.4 Å². The third kappa shape index (κ3) is 4.80. The topological polar surface area (TPSA) is 146 Å². The van der Waals surface area contributed by atoms with Gasteiger partial charge in [0.05, 0.1) is 21.9 Å². The average molecular weight is 540 g/mol. The fourth-order valence-corrected chi connectivity index (χ4v) is 6.33. The van der Waals surface area contributed by atoms with Crippen molar-refractivity contribution in [3.8, 4) is 5.88 Å². The Bertz CT molecular complexity index is 1510. The van der Waals surface area contributed by atoms with Crippen molar-refractivity contribution in [1.29, 1.82) is 0 Å². The summed E-state index contributed by atoms with van der Waals surface area (Å²) in [6.45, 7) is 9.30. The van der Waals surface area contributed by atoms with Crippen LogP contribution in [-0.4, -0.2) is 52.5 Å². The molecule has 0 aromatic carbocycles. The first-order valence-electron chi connectivity index (χ1n) is 12.8. The molecule has 202 valence electrons. The molecule has 3 aromatic rings. The highest BCUT2D eigenvalue weighted by atomic mass is 32.2. The highest BCUT2D eigenvalue weighted by Crippen LogP contribution is 2.37. The van der Waals surface area contributed by atoms with Crippen molar-refractivity contribution in [2.45, 2.75) is 76.4 Å². The number of anilines is 2. The van der Waals surface area contributed by atoms with Crippen molar-refractivity contribution in [2.75, 3.05) is 11.1 Å². The van der Waals surface area contributed by atoms with Gasteiger partial charge in [-0.3, -0.25) is 0 Å². The molecule has 0 bridgehead atoms. The molecule has 1 aliphatic carbocycles. The first-order chi connectivity index (χ1) is 17.9. The SMILES string of the molecule is CCS(=O)(=O)[C@H]1C[C@@H](Oc2ncc(C(C)(C)N)c3cc(Nc4ccc5c(n4)[C@@H](C)[C@H](C)OC5=O)ncc23)C1. The Hall–Kier alpha value is -3.31. The van der Waals surface area contributed by atoms with Crippen molar-refractivity contribution in [3.63, 3.8) is 0 Å². The molecule has 0 unspecified atom stereocenters. The van der Waals surface area contributed by atoms with Gasteiger partial charge in [-0.15, -0.1) is 0 Å². The number of fused-ring (bicyclic) bond motifs is 2.